The summed E-state index contributed by atoms with van der Waals surface area (Å²) in [4.78, 5) is 81.0. The van der Waals surface area contributed by atoms with Crippen LogP contribution in [0.3, 0.4) is 0 Å². The van der Waals surface area contributed by atoms with Crippen LogP contribution in [0.1, 0.15) is 87.2 Å². The Kier molecular flexibility index (Phi) is 11.9. The molecule has 10 rings (SSSR count). The van der Waals surface area contributed by atoms with Crippen LogP contribution in [0.4, 0.5) is 23.1 Å². The molecule has 0 radical (unpaired) electrons. The van der Waals surface area contributed by atoms with Crippen LogP contribution in [0.15, 0.2) is 53.5 Å². The first-order valence-electron chi connectivity index (χ1n) is 23.3. The van der Waals surface area contributed by atoms with Crippen LogP contribution in [0.5, 0.6) is 5.75 Å². The van der Waals surface area contributed by atoms with Crippen molar-refractivity contribution in [1.29, 1.82) is 0 Å². The molecule has 0 bridgehead atoms. The van der Waals surface area contributed by atoms with Crippen molar-refractivity contribution in [3.8, 4) is 5.75 Å². The molecular formula is C48H57ClN10O7. The third kappa shape index (κ3) is 8.56. The van der Waals surface area contributed by atoms with Crippen LogP contribution >= 0.6 is 11.6 Å². The molecule has 1 saturated carbocycles. The van der Waals surface area contributed by atoms with Crippen molar-refractivity contribution in [3.63, 3.8) is 0 Å². The maximum Gasteiger partial charge on any atom is 0.293 e. The summed E-state index contributed by atoms with van der Waals surface area (Å²) in [6.07, 6.45) is 8.92. The molecular weight excluding hydrogens is 864 g/mol. The van der Waals surface area contributed by atoms with Gasteiger partial charge in [-0.1, -0.05) is 11.6 Å². The summed E-state index contributed by atoms with van der Waals surface area (Å²) >= 11 is 6.62. The Bertz CT molecular complexity index is 2650. The maximum absolute atomic E-state index is 13.3. The Morgan fingerprint density at radius 1 is 0.955 bits per heavy atom. The SMILES string of the molecule is CNC(=O)COc1cc2cc(Nc3nc(N4CCC(OC5CC(N6CCC7(CCN(c8ccc9c(c8)CN([C@@H]8CCC(=O)NC8=O)C9=O)C7)C6)C5)CC4)ncc3Cl)ccc2n(C(C)C)c1=O. The quantitative estimate of drug-likeness (QED) is 0.165. The fraction of sp³-hybridized carbons (Fsp3) is 0.521. The van der Waals surface area contributed by atoms with E-state index in [-0.39, 0.29) is 71.6 Å². The Hall–Kier alpha value is -5.78. The monoisotopic (exact) mass is 920 g/mol. The Morgan fingerprint density at radius 3 is 2.53 bits per heavy atom. The lowest BCUT2D eigenvalue weighted by atomic mass is 9.85. The standard InChI is InChI=1S/C48H57ClN10O7/c1-28(2)59-38-7-4-31(18-29(38)20-40(46(59)64)65-25-42(61)50-3)52-43-37(49)23-51-47(54-43)55-14-10-34(11-15-55)66-35-21-33(22-35)57-17-13-48(27-57)12-16-56(26-48)32-5-6-36-30(19-32)24-58(45(36)63)39-8-9-41(60)53-44(39)62/h4-7,18-20,23,28,33-35,39H,8-17,21-22,24-27H2,1-3H3,(H,50,61)(H,51,52,54)(H,53,60,62)/t33?,35?,39-,48?/m1/s1. The molecule has 17 nitrogen and oxygen atoms in total. The third-order valence-electron chi connectivity index (χ3n) is 14.6. The molecule has 2 atom stereocenters. The van der Waals surface area contributed by atoms with E-state index in [0.717, 1.165) is 99.2 Å². The number of hydrogen-bond acceptors (Lipinski definition) is 13. The van der Waals surface area contributed by atoms with Crippen molar-refractivity contribution in [2.24, 2.45) is 5.41 Å². The molecule has 66 heavy (non-hydrogen) atoms. The number of fused-ring (bicyclic) bond motifs is 2. The van der Waals surface area contributed by atoms with E-state index in [9.17, 15) is 24.0 Å². The van der Waals surface area contributed by atoms with Crippen molar-refractivity contribution >= 4 is 69.3 Å². The van der Waals surface area contributed by atoms with E-state index < -0.39 is 6.04 Å². The first kappa shape index (κ1) is 44.1. The van der Waals surface area contributed by atoms with Crippen LogP contribution in [-0.2, 0) is 25.7 Å². The Morgan fingerprint density at radius 2 is 1.76 bits per heavy atom. The zero-order chi connectivity index (χ0) is 45.9. The molecule has 3 N–H and O–H groups in total. The molecule has 2 aromatic carbocycles. The van der Waals surface area contributed by atoms with Gasteiger partial charge in [-0.2, -0.15) is 4.98 Å². The fourth-order valence-electron chi connectivity index (χ4n) is 10.9. The van der Waals surface area contributed by atoms with Gasteiger partial charge in [0.05, 0.1) is 23.9 Å². The molecule has 1 aliphatic carbocycles. The third-order valence-corrected chi connectivity index (χ3v) is 14.9. The molecule has 1 spiro atoms. The van der Waals surface area contributed by atoms with Crippen LogP contribution in [0.2, 0.25) is 5.02 Å². The molecule has 18 heteroatoms. The molecule has 6 aliphatic rings. The second-order valence-corrected chi connectivity index (χ2v) is 19.6. The van der Waals surface area contributed by atoms with Crippen LogP contribution < -0.4 is 36.0 Å². The minimum absolute atomic E-state index is 0.0972. The number of pyridine rings is 1. The second-order valence-electron chi connectivity index (χ2n) is 19.2. The first-order valence-corrected chi connectivity index (χ1v) is 23.7. The maximum atomic E-state index is 13.3. The fourth-order valence-corrected chi connectivity index (χ4v) is 11.0. The highest BCUT2D eigenvalue weighted by molar-refractivity contribution is 6.33. The number of anilines is 4. The number of amides is 4. The molecule has 4 aromatic rings. The van der Waals surface area contributed by atoms with E-state index >= 15 is 0 Å². The predicted molar refractivity (Wildman–Crippen MR) is 250 cm³/mol. The summed E-state index contributed by atoms with van der Waals surface area (Å²) in [5, 5.41) is 9.39. The lowest BCUT2D eigenvalue weighted by Gasteiger charge is -2.44. The predicted octanol–water partition coefficient (Wildman–Crippen LogP) is 4.77. The number of aromatic nitrogens is 3. The van der Waals surface area contributed by atoms with Crippen LogP contribution in [0, 0.1) is 5.41 Å². The topological polar surface area (TPSA) is 184 Å². The average Bonchev–Trinajstić information content (AvgIpc) is 4.00. The normalized spacial score (nSPS) is 24.7. The van der Waals surface area contributed by atoms with E-state index in [4.69, 9.17) is 26.1 Å². The van der Waals surface area contributed by atoms with Gasteiger partial charge in [-0.05, 0) is 113 Å². The smallest absolute Gasteiger partial charge is 0.293 e. The number of ether oxygens (including phenoxy) is 2. The van der Waals surface area contributed by atoms with Gasteiger partial charge in [0.1, 0.15) is 11.1 Å². The number of carbonyl (C=O) groups excluding carboxylic acids is 4. The van der Waals surface area contributed by atoms with Crippen molar-refractivity contribution in [2.75, 3.05) is 68.0 Å². The van der Waals surface area contributed by atoms with Crippen molar-refractivity contribution < 1.29 is 28.7 Å². The van der Waals surface area contributed by atoms with Gasteiger partial charge in [0.2, 0.25) is 17.8 Å². The summed E-state index contributed by atoms with van der Waals surface area (Å²) in [6.45, 7) is 9.72. The molecule has 5 fully saturated rings. The van der Waals surface area contributed by atoms with Gasteiger partial charge in [-0.3, -0.25) is 34.2 Å². The number of hydrogen-bond donors (Lipinski definition) is 3. The number of rotatable bonds is 12. The number of nitrogens with one attached hydrogen (secondary N) is 3. The highest BCUT2D eigenvalue weighted by Crippen LogP contribution is 2.45. The van der Waals surface area contributed by atoms with Gasteiger partial charge >= 0.3 is 0 Å². The first-order chi connectivity index (χ1) is 31.8. The van der Waals surface area contributed by atoms with Gasteiger partial charge in [0.25, 0.3) is 17.4 Å². The molecule has 7 heterocycles. The van der Waals surface area contributed by atoms with Crippen LogP contribution in [0.25, 0.3) is 10.9 Å². The lowest BCUT2D eigenvalue weighted by molar-refractivity contribution is -0.137. The number of likely N-dealkylation sites (tertiary alicyclic amines) is 1. The number of carbonyl (C=O) groups is 4. The van der Waals surface area contributed by atoms with Crippen LogP contribution in [-0.4, -0.2) is 125 Å². The highest BCUT2D eigenvalue weighted by atomic mass is 35.5. The summed E-state index contributed by atoms with van der Waals surface area (Å²) < 4.78 is 14.0. The number of imide groups is 1. The van der Waals surface area contributed by atoms with Crippen molar-refractivity contribution in [2.45, 2.75) is 102 Å². The Balaban J connectivity index is 0.694. The lowest BCUT2D eigenvalue weighted by Crippen LogP contribution is -2.52. The van der Waals surface area contributed by atoms with Gasteiger partial charge in [0, 0.05) is 92.6 Å². The van der Waals surface area contributed by atoms with E-state index in [1.54, 1.807) is 21.7 Å². The number of halogens is 1. The van der Waals surface area contributed by atoms with Crippen molar-refractivity contribution in [1.82, 2.24) is 35.0 Å². The largest absolute Gasteiger partial charge is 0.478 e. The van der Waals surface area contributed by atoms with Gasteiger partial charge in [-0.25, -0.2) is 4.98 Å². The highest BCUT2D eigenvalue weighted by Gasteiger charge is 2.48. The van der Waals surface area contributed by atoms with E-state index in [0.29, 0.717) is 41.4 Å². The van der Waals surface area contributed by atoms with Gasteiger partial charge < -0.3 is 39.4 Å². The van der Waals surface area contributed by atoms with E-state index in [2.05, 4.69) is 47.8 Å². The summed E-state index contributed by atoms with van der Waals surface area (Å²) in [7, 11) is 1.52. The zero-order valence-corrected chi connectivity index (χ0v) is 38.4. The second kappa shape index (κ2) is 17.8. The Labute approximate surface area is 388 Å². The zero-order valence-electron chi connectivity index (χ0n) is 37.7. The van der Waals surface area contributed by atoms with Gasteiger partial charge in [0.15, 0.2) is 18.2 Å². The number of benzene rings is 2. The molecule has 4 amide bonds. The number of nitrogens with zero attached hydrogens (tertiary/aromatic N) is 7. The summed E-state index contributed by atoms with van der Waals surface area (Å²) in [5.41, 5.74) is 4.16. The number of likely N-dealkylation sites (N-methyl/N-ethyl adjacent to an activating group) is 1. The molecule has 2 aromatic heterocycles. The average molecular weight is 921 g/mol. The summed E-state index contributed by atoms with van der Waals surface area (Å²) in [6, 6.07) is 13.2. The van der Waals surface area contributed by atoms with E-state index in [1.807, 2.05) is 38.1 Å². The molecule has 1 unspecified atom stereocenters. The number of piperidine rings is 2. The minimum atomic E-state index is -0.605. The summed E-state index contributed by atoms with van der Waals surface area (Å²) in [5.74, 6) is 0.0454. The molecule has 348 valence electrons. The van der Waals surface area contributed by atoms with Crippen molar-refractivity contribution in [3.05, 3.63) is 75.2 Å². The minimum Gasteiger partial charge on any atom is -0.478 e. The van der Waals surface area contributed by atoms with E-state index in [1.165, 1.54) is 13.5 Å². The molecule has 4 saturated heterocycles. The van der Waals surface area contributed by atoms with Gasteiger partial charge in [-0.15, -0.1) is 0 Å². The molecule has 5 aliphatic heterocycles.